The van der Waals surface area contributed by atoms with Gasteiger partial charge in [0, 0.05) is 43.5 Å². The molecule has 0 spiro atoms. The number of aryl methyl sites for hydroxylation is 1. The van der Waals surface area contributed by atoms with Gasteiger partial charge in [0.1, 0.15) is 10.6 Å². The highest BCUT2D eigenvalue weighted by atomic mass is 32.2. The minimum atomic E-state index is -3.97. The maximum Gasteiger partial charge on any atom is 0.255 e. The minimum Gasteiger partial charge on any atom is -0.495 e. The van der Waals surface area contributed by atoms with Crippen molar-refractivity contribution in [3.63, 3.8) is 0 Å². The molecule has 0 bridgehead atoms. The van der Waals surface area contributed by atoms with E-state index in [2.05, 4.69) is 19.8 Å². The molecule has 218 valence electrons. The number of sulfonamides is 1. The number of methoxy groups -OCH3 is 1. The van der Waals surface area contributed by atoms with Crippen molar-refractivity contribution in [1.29, 1.82) is 0 Å². The van der Waals surface area contributed by atoms with E-state index < -0.39 is 16.1 Å². The van der Waals surface area contributed by atoms with E-state index in [9.17, 15) is 13.2 Å². The van der Waals surface area contributed by atoms with Gasteiger partial charge < -0.3 is 19.9 Å². The standard InChI is InChI=1S/C33H36N4O4S/c1-24-11-7-8-14-28(24)33(38)34-27-17-18-30(32(23-27)42(39,40)35-25(2)26-12-5-4-6-13-26)37-21-19-36(20-22-37)29-15-9-10-16-31(29)41-3/h4-18,23,25,35H,19-22H2,1-3H3,(H,34,38). The lowest BCUT2D eigenvalue weighted by Gasteiger charge is -2.38. The van der Waals surface area contributed by atoms with Gasteiger partial charge in [0.25, 0.3) is 5.91 Å². The van der Waals surface area contributed by atoms with Crippen LogP contribution in [0.5, 0.6) is 5.75 Å². The number of benzene rings is 4. The van der Waals surface area contributed by atoms with E-state index in [0.717, 1.165) is 22.6 Å². The van der Waals surface area contributed by atoms with Gasteiger partial charge in [-0.1, -0.05) is 60.7 Å². The summed E-state index contributed by atoms with van der Waals surface area (Å²) in [5, 5.41) is 2.90. The van der Waals surface area contributed by atoms with E-state index in [0.29, 0.717) is 43.1 Å². The van der Waals surface area contributed by atoms with Crippen LogP contribution in [0.15, 0.2) is 102 Å². The zero-order valence-corrected chi connectivity index (χ0v) is 24.9. The highest BCUT2D eigenvalue weighted by Gasteiger charge is 2.28. The molecule has 9 heteroatoms. The number of carbonyl (C=O) groups excluding carboxylic acids is 1. The average molecular weight is 585 g/mol. The van der Waals surface area contributed by atoms with E-state index in [1.807, 2.05) is 80.6 Å². The van der Waals surface area contributed by atoms with E-state index in [1.165, 1.54) is 0 Å². The van der Waals surface area contributed by atoms with Gasteiger partial charge in [-0.2, -0.15) is 0 Å². The van der Waals surface area contributed by atoms with Crippen LogP contribution in [0, 0.1) is 6.92 Å². The Labute approximate surface area is 248 Å². The molecule has 0 saturated carbocycles. The highest BCUT2D eigenvalue weighted by Crippen LogP contribution is 2.33. The molecule has 1 aliphatic heterocycles. The summed E-state index contributed by atoms with van der Waals surface area (Å²) < 4.78 is 36.3. The van der Waals surface area contributed by atoms with Crippen LogP contribution in [0.1, 0.15) is 34.5 Å². The summed E-state index contributed by atoms with van der Waals surface area (Å²) in [5.74, 6) is 0.516. The smallest absolute Gasteiger partial charge is 0.255 e. The Bertz CT molecular complexity index is 1650. The molecule has 1 aliphatic rings. The minimum absolute atomic E-state index is 0.124. The quantitative estimate of drug-likeness (QED) is 0.265. The number of rotatable bonds is 9. The Morgan fingerprint density at radius 1 is 0.810 bits per heavy atom. The second-order valence-corrected chi connectivity index (χ2v) is 12.0. The topological polar surface area (TPSA) is 91.0 Å². The van der Waals surface area contributed by atoms with Crippen LogP contribution < -0.4 is 24.6 Å². The zero-order chi connectivity index (χ0) is 29.7. The summed E-state index contributed by atoms with van der Waals surface area (Å²) in [6.07, 6.45) is 0. The van der Waals surface area contributed by atoms with Crippen molar-refractivity contribution in [2.75, 3.05) is 48.4 Å². The number of anilines is 3. The summed E-state index contributed by atoms with van der Waals surface area (Å²) in [6, 6.07) is 29.3. The lowest BCUT2D eigenvalue weighted by Crippen LogP contribution is -2.47. The Hall–Kier alpha value is -4.34. The first-order valence-corrected chi connectivity index (χ1v) is 15.5. The average Bonchev–Trinajstić information content (AvgIpc) is 3.01. The Morgan fingerprint density at radius 2 is 1.43 bits per heavy atom. The monoisotopic (exact) mass is 584 g/mol. The van der Waals surface area contributed by atoms with Crippen molar-refractivity contribution in [2.24, 2.45) is 0 Å². The van der Waals surface area contributed by atoms with Crippen molar-refractivity contribution in [3.05, 3.63) is 114 Å². The van der Waals surface area contributed by atoms with Crippen LogP contribution in [-0.4, -0.2) is 47.6 Å². The van der Waals surface area contributed by atoms with E-state index in [-0.39, 0.29) is 10.8 Å². The van der Waals surface area contributed by atoms with E-state index >= 15 is 0 Å². The second kappa shape index (κ2) is 12.7. The molecule has 2 N–H and O–H groups in total. The fourth-order valence-corrected chi connectivity index (χ4v) is 6.76. The third-order valence-electron chi connectivity index (χ3n) is 7.57. The van der Waals surface area contributed by atoms with Crippen LogP contribution >= 0.6 is 0 Å². The number of piperazine rings is 1. The van der Waals surface area contributed by atoms with Gasteiger partial charge in [-0.15, -0.1) is 0 Å². The first-order valence-electron chi connectivity index (χ1n) is 14.0. The highest BCUT2D eigenvalue weighted by molar-refractivity contribution is 7.89. The summed E-state index contributed by atoms with van der Waals surface area (Å²) in [7, 11) is -2.31. The number of nitrogens with one attached hydrogen (secondary N) is 2. The molecule has 42 heavy (non-hydrogen) atoms. The summed E-state index contributed by atoms with van der Waals surface area (Å²) in [5.41, 5.74) is 4.25. The SMILES string of the molecule is COc1ccccc1N1CCN(c2ccc(NC(=O)c3ccccc3C)cc2S(=O)(=O)NC(C)c2ccccc2)CC1. The molecular formula is C33H36N4O4S. The predicted octanol–water partition coefficient (Wildman–Crippen LogP) is 5.62. The molecular weight excluding hydrogens is 548 g/mol. The molecule has 1 fully saturated rings. The van der Waals surface area contributed by atoms with Crippen LogP contribution in [0.25, 0.3) is 0 Å². The fraction of sp³-hybridized carbons (Fsp3) is 0.242. The lowest BCUT2D eigenvalue weighted by molar-refractivity contribution is 0.102. The molecule has 0 radical (unpaired) electrons. The molecule has 1 saturated heterocycles. The van der Waals surface area contributed by atoms with Crippen molar-refractivity contribution in [1.82, 2.24) is 4.72 Å². The number of amides is 1. The zero-order valence-electron chi connectivity index (χ0n) is 24.1. The molecule has 1 amide bonds. The Balaban J connectivity index is 1.44. The maximum absolute atomic E-state index is 13.9. The normalized spacial score (nSPS) is 14.4. The number of para-hydroxylation sites is 2. The van der Waals surface area contributed by atoms with Gasteiger partial charge >= 0.3 is 0 Å². The third-order valence-corrected chi connectivity index (χ3v) is 9.14. The van der Waals surface area contributed by atoms with Crippen molar-refractivity contribution < 1.29 is 17.9 Å². The van der Waals surface area contributed by atoms with Crippen LogP contribution in [-0.2, 0) is 10.0 Å². The predicted molar refractivity (Wildman–Crippen MR) is 168 cm³/mol. The number of hydrogen-bond acceptors (Lipinski definition) is 6. The van der Waals surface area contributed by atoms with Gasteiger partial charge in [0.2, 0.25) is 10.0 Å². The lowest BCUT2D eigenvalue weighted by atomic mass is 10.1. The third kappa shape index (κ3) is 6.42. The van der Waals surface area contributed by atoms with Gasteiger partial charge in [0.15, 0.2) is 0 Å². The fourth-order valence-electron chi connectivity index (χ4n) is 5.28. The molecule has 0 aliphatic carbocycles. The molecule has 1 heterocycles. The molecule has 4 aromatic rings. The largest absolute Gasteiger partial charge is 0.495 e. The second-order valence-electron chi connectivity index (χ2n) is 10.4. The summed E-state index contributed by atoms with van der Waals surface area (Å²) in [4.78, 5) is 17.5. The number of hydrogen-bond donors (Lipinski definition) is 2. The van der Waals surface area contributed by atoms with Crippen LogP contribution in [0.2, 0.25) is 0 Å². The molecule has 5 rings (SSSR count). The van der Waals surface area contributed by atoms with Crippen molar-refractivity contribution in [3.8, 4) is 5.75 Å². The molecule has 4 aromatic carbocycles. The summed E-state index contributed by atoms with van der Waals surface area (Å²) in [6.45, 7) is 6.31. The summed E-state index contributed by atoms with van der Waals surface area (Å²) >= 11 is 0. The van der Waals surface area contributed by atoms with E-state index in [1.54, 1.807) is 37.4 Å². The molecule has 1 atom stereocenters. The van der Waals surface area contributed by atoms with Crippen molar-refractivity contribution in [2.45, 2.75) is 24.8 Å². The van der Waals surface area contributed by atoms with Gasteiger partial charge in [0.05, 0.1) is 18.5 Å². The Morgan fingerprint density at radius 3 is 2.12 bits per heavy atom. The molecule has 0 aromatic heterocycles. The first kappa shape index (κ1) is 29.2. The van der Waals surface area contributed by atoms with E-state index in [4.69, 9.17) is 4.74 Å². The number of ether oxygens (including phenoxy) is 1. The molecule has 1 unspecified atom stereocenters. The number of nitrogens with zero attached hydrogens (tertiary/aromatic N) is 2. The van der Waals surface area contributed by atoms with Gasteiger partial charge in [-0.3, -0.25) is 4.79 Å². The van der Waals surface area contributed by atoms with Crippen LogP contribution in [0.3, 0.4) is 0 Å². The maximum atomic E-state index is 13.9. The Kier molecular flexibility index (Phi) is 8.80. The first-order chi connectivity index (χ1) is 20.3. The number of carbonyl (C=O) groups is 1. The van der Waals surface area contributed by atoms with Gasteiger partial charge in [-0.05, 0) is 61.4 Å². The van der Waals surface area contributed by atoms with Crippen LogP contribution in [0.4, 0.5) is 17.1 Å². The van der Waals surface area contributed by atoms with Gasteiger partial charge in [-0.25, -0.2) is 13.1 Å². The van der Waals surface area contributed by atoms with Crippen molar-refractivity contribution >= 4 is 33.0 Å². The molecule has 8 nitrogen and oxygen atoms in total.